The van der Waals surface area contributed by atoms with Crippen molar-refractivity contribution in [2.24, 2.45) is 16.8 Å². The van der Waals surface area contributed by atoms with Gasteiger partial charge in [0.2, 0.25) is 6.08 Å². The number of rotatable bonds is 1. The Kier molecular flexibility index (Phi) is 1.35. The highest BCUT2D eigenvalue weighted by Crippen LogP contribution is 2.45. The molecule has 0 N–H and O–H groups in total. The third-order valence-corrected chi connectivity index (χ3v) is 2.92. The largest absolute Gasteiger partial charge is 0.235 e. The molecule has 0 amide bonds. The van der Waals surface area contributed by atoms with E-state index >= 15 is 0 Å². The van der Waals surface area contributed by atoms with Crippen molar-refractivity contribution in [2.45, 2.75) is 31.7 Å². The molecule has 0 aromatic rings. The van der Waals surface area contributed by atoms with Crippen LogP contribution in [0.3, 0.4) is 0 Å². The monoisotopic (exact) mass is 137 g/mol. The van der Waals surface area contributed by atoms with Crippen LogP contribution in [0.5, 0.6) is 0 Å². The van der Waals surface area contributed by atoms with Crippen molar-refractivity contribution in [1.29, 1.82) is 0 Å². The van der Waals surface area contributed by atoms with E-state index in [9.17, 15) is 4.79 Å². The molecule has 0 heterocycles. The van der Waals surface area contributed by atoms with Crippen molar-refractivity contribution in [2.75, 3.05) is 0 Å². The summed E-state index contributed by atoms with van der Waals surface area (Å²) >= 11 is 0. The first kappa shape index (κ1) is 6.11. The molecule has 2 fully saturated rings. The predicted octanol–water partition coefficient (Wildman–Crippen LogP) is 1.51. The zero-order valence-corrected chi connectivity index (χ0v) is 5.92. The highest BCUT2D eigenvalue weighted by atomic mass is 16.1. The maximum absolute atomic E-state index is 9.95. The van der Waals surface area contributed by atoms with Gasteiger partial charge in [0.05, 0.1) is 6.04 Å². The Labute approximate surface area is 60.3 Å². The van der Waals surface area contributed by atoms with Crippen LogP contribution in [0, 0.1) is 11.8 Å². The van der Waals surface area contributed by atoms with E-state index in [1.165, 1.54) is 19.3 Å². The smallest absolute Gasteiger partial charge is 0.211 e. The minimum Gasteiger partial charge on any atom is -0.211 e. The summed E-state index contributed by atoms with van der Waals surface area (Å²) in [6, 6.07) is 0.344. The molecule has 3 atom stereocenters. The summed E-state index contributed by atoms with van der Waals surface area (Å²) in [5, 5.41) is 0. The lowest BCUT2D eigenvalue weighted by molar-refractivity contribution is 0.417. The fourth-order valence-corrected chi connectivity index (χ4v) is 2.44. The summed E-state index contributed by atoms with van der Waals surface area (Å²) in [7, 11) is 0. The minimum atomic E-state index is 0.344. The molecule has 2 rings (SSSR count). The molecule has 2 aliphatic rings. The van der Waals surface area contributed by atoms with Gasteiger partial charge in [-0.3, -0.25) is 0 Å². The van der Waals surface area contributed by atoms with Crippen LogP contribution in [0.25, 0.3) is 0 Å². The van der Waals surface area contributed by atoms with E-state index in [0.717, 1.165) is 18.3 Å². The first-order chi connectivity index (χ1) is 4.90. The first-order valence-electron chi connectivity index (χ1n) is 3.97. The van der Waals surface area contributed by atoms with Crippen molar-refractivity contribution < 1.29 is 4.79 Å². The molecule has 0 unspecified atom stereocenters. The lowest BCUT2D eigenvalue weighted by atomic mass is 9.96. The summed E-state index contributed by atoms with van der Waals surface area (Å²) in [4.78, 5) is 13.7. The molecular weight excluding hydrogens is 126 g/mol. The van der Waals surface area contributed by atoms with Crippen LogP contribution in [-0.2, 0) is 4.79 Å². The first-order valence-corrected chi connectivity index (χ1v) is 3.97. The third kappa shape index (κ3) is 0.800. The highest BCUT2D eigenvalue weighted by Gasteiger charge is 2.39. The number of hydrogen-bond acceptors (Lipinski definition) is 2. The predicted molar refractivity (Wildman–Crippen MR) is 37.4 cm³/mol. The molecule has 54 valence electrons. The van der Waals surface area contributed by atoms with Gasteiger partial charge in [-0.1, -0.05) is 6.42 Å². The Bertz CT molecular complexity index is 184. The van der Waals surface area contributed by atoms with E-state index in [2.05, 4.69) is 4.99 Å². The maximum atomic E-state index is 9.95. The molecule has 0 aliphatic heterocycles. The molecule has 0 saturated heterocycles. The van der Waals surface area contributed by atoms with Crippen LogP contribution in [-0.4, -0.2) is 12.1 Å². The number of isocyanates is 1. The number of nitrogens with zero attached hydrogens (tertiary/aromatic N) is 1. The quantitative estimate of drug-likeness (QED) is 0.398. The van der Waals surface area contributed by atoms with Crippen molar-refractivity contribution in [3.8, 4) is 0 Å². The summed E-state index contributed by atoms with van der Waals surface area (Å²) < 4.78 is 0. The molecule has 0 radical (unpaired) electrons. The van der Waals surface area contributed by atoms with Gasteiger partial charge in [-0.05, 0) is 31.1 Å². The van der Waals surface area contributed by atoms with Crippen molar-refractivity contribution in [3.63, 3.8) is 0 Å². The van der Waals surface area contributed by atoms with Crippen LogP contribution in [0.1, 0.15) is 25.7 Å². The average Bonchev–Trinajstić information content (AvgIpc) is 2.48. The van der Waals surface area contributed by atoms with Crippen LogP contribution in [0.2, 0.25) is 0 Å². The average molecular weight is 137 g/mol. The highest BCUT2D eigenvalue weighted by molar-refractivity contribution is 5.34. The minimum absolute atomic E-state index is 0.344. The normalized spacial score (nSPS) is 43.4. The Morgan fingerprint density at radius 2 is 2.20 bits per heavy atom. The SMILES string of the molecule is O=C=N[C@H]1C[C@@H]2CC[C@@H]1C2. The summed E-state index contributed by atoms with van der Waals surface area (Å²) in [5.41, 5.74) is 0. The summed E-state index contributed by atoms with van der Waals surface area (Å²) in [6.07, 6.45) is 6.80. The molecule has 0 spiro atoms. The van der Waals surface area contributed by atoms with Crippen LogP contribution < -0.4 is 0 Å². The number of hydrogen-bond donors (Lipinski definition) is 0. The second-order valence-corrected chi connectivity index (χ2v) is 3.46. The Balaban J connectivity index is 2.08. The molecule has 2 saturated carbocycles. The molecule has 0 aromatic heterocycles. The Morgan fingerprint density at radius 1 is 1.30 bits per heavy atom. The van der Waals surface area contributed by atoms with Crippen molar-refractivity contribution in [1.82, 2.24) is 0 Å². The second-order valence-electron chi connectivity index (χ2n) is 3.46. The zero-order chi connectivity index (χ0) is 6.97. The molecule has 2 nitrogen and oxygen atoms in total. The topological polar surface area (TPSA) is 29.4 Å². The fraction of sp³-hybridized carbons (Fsp3) is 0.875. The Hall–Kier alpha value is -0.620. The lowest BCUT2D eigenvalue weighted by Gasteiger charge is -2.14. The molecule has 2 bridgehead atoms. The van der Waals surface area contributed by atoms with Crippen molar-refractivity contribution >= 4 is 6.08 Å². The van der Waals surface area contributed by atoms with Gasteiger partial charge in [-0.15, -0.1) is 0 Å². The van der Waals surface area contributed by atoms with Gasteiger partial charge >= 0.3 is 0 Å². The number of carbonyl (C=O) groups excluding carboxylic acids is 1. The molecule has 2 heteroatoms. The van der Waals surface area contributed by atoms with Gasteiger partial charge in [0.25, 0.3) is 0 Å². The fourth-order valence-electron chi connectivity index (χ4n) is 2.44. The zero-order valence-electron chi connectivity index (χ0n) is 5.92. The van der Waals surface area contributed by atoms with E-state index in [0.29, 0.717) is 6.04 Å². The van der Waals surface area contributed by atoms with Gasteiger partial charge in [0, 0.05) is 0 Å². The molecule has 0 aromatic carbocycles. The summed E-state index contributed by atoms with van der Waals surface area (Å²) in [6.45, 7) is 0. The van der Waals surface area contributed by atoms with Crippen LogP contribution in [0.4, 0.5) is 0 Å². The molecule has 2 aliphatic carbocycles. The van der Waals surface area contributed by atoms with Gasteiger partial charge in [-0.2, -0.15) is 0 Å². The standard InChI is InChI=1S/C8H11NO/c10-5-9-8-4-6-1-2-7(8)3-6/h6-8H,1-4H2/t6-,7-,8+/m1/s1. The van der Waals surface area contributed by atoms with E-state index in [1.807, 2.05) is 0 Å². The van der Waals surface area contributed by atoms with Crippen LogP contribution >= 0.6 is 0 Å². The van der Waals surface area contributed by atoms with Crippen LogP contribution in [0.15, 0.2) is 4.99 Å². The van der Waals surface area contributed by atoms with Gasteiger partial charge < -0.3 is 0 Å². The number of fused-ring (bicyclic) bond motifs is 2. The second kappa shape index (κ2) is 2.21. The lowest BCUT2D eigenvalue weighted by Crippen LogP contribution is -2.13. The van der Waals surface area contributed by atoms with E-state index < -0.39 is 0 Å². The van der Waals surface area contributed by atoms with Gasteiger partial charge in [0.1, 0.15) is 0 Å². The molecule has 10 heavy (non-hydrogen) atoms. The van der Waals surface area contributed by atoms with E-state index in [4.69, 9.17) is 0 Å². The number of aliphatic imine (C=N–C) groups is 1. The van der Waals surface area contributed by atoms with Gasteiger partial charge in [0.15, 0.2) is 0 Å². The summed E-state index contributed by atoms with van der Waals surface area (Å²) in [5.74, 6) is 1.61. The van der Waals surface area contributed by atoms with Gasteiger partial charge in [-0.25, -0.2) is 9.79 Å². The maximum Gasteiger partial charge on any atom is 0.235 e. The molecular formula is C8H11NO. The van der Waals surface area contributed by atoms with Crippen molar-refractivity contribution in [3.05, 3.63) is 0 Å². The van der Waals surface area contributed by atoms with E-state index in [-0.39, 0.29) is 0 Å². The Morgan fingerprint density at radius 3 is 2.70 bits per heavy atom. The third-order valence-electron chi connectivity index (χ3n) is 2.92. The van der Waals surface area contributed by atoms with E-state index in [1.54, 1.807) is 6.08 Å².